The second kappa shape index (κ2) is 5.50. The van der Waals surface area contributed by atoms with Crippen LogP contribution in [0.3, 0.4) is 0 Å². The summed E-state index contributed by atoms with van der Waals surface area (Å²) in [6.07, 6.45) is 1.54. The largest absolute Gasteiger partial charge is 0.334 e. The Morgan fingerprint density at radius 2 is 2.33 bits per heavy atom. The molecule has 0 saturated heterocycles. The fraction of sp³-hybridized carbons (Fsp3) is 0.100. The standard InChI is InChI=1S/C10H10BrFN2O/c1-2-5-13-10(15)14-9-4-3-7(11)6-8(9)12/h2-4,6H,1,5H2,(H2,13,14,15). The van der Waals surface area contributed by atoms with Crippen molar-refractivity contribution < 1.29 is 9.18 Å². The maximum absolute atomic E-state index is 13.2. The molecule has 80 valence electrons. The second-order valence-electron chi connectivity index (χ2n) is 2.75. The minimum atomic E-state index is -0.488. The average Bonchev–Trinajstić information content (AvgIpc) is 2.19. The first-order valence-electron chi connectivity index (χ1n) is 4.24. The van der Waals surface area contributed by atoms with Gasteiger partial charge < -0.3 is 10.6 Å². The van der Waals surface area contributed by atoms with Gasteiger partial charge in [0.2, 0.25) is 0 Å². The molecular weight excluding hydrogens is 263 g/mol. The second-order valence-corrected chi connectivity index (χ2v) is 3.66. The fourth-order valence-corrected chi connectivity index (χ4v) is 1.26. The van der Waals surface area contributed by atoms with Gasteiger partial charge in [0.25, 0.3) is 0 Å². The van der Waals surface area contributed by atoms with Gasteiger partial charge in [0.15, 0.2) is 0 Å². The van der Waals surface area contributed by atoms with E-state index in [-0.39, 0.29) is 5.69 Å². The van der Waals surface area contributed by atoms with Crippen molar-refractivity contribution in [3.05, 3.63) is 41.1 Å². The number of anilines is 1. The van der Waals surface area contributed by atoms with Gasteiger partial charge >= 0.3 is 6.03 Å². The van der Waals surface area contributed by atoms with Gasteiger partial charge in [-0.1, -0.05) is 22.0 Å². The van der Waals surface area contributed by atoms with Gasteiger partial charge in [-0.25, -0.2) is 9.18 Å². The minimum absolute atomic E-state index is 0.139. The molecule has 1 rings (SSSR count). The molecule has 0 saturated carbocycles. The lowest BCUT2D eigenvalue weighted by molar-refractivity contribution is 0.253. The molecule has 2 N–H and O–H groups in total. The first-order chi connectivity index (χ1) is 7.13. The number of hydrogen-bond donors (Lipinski definition) is 2. The predicted molar refractivity (Wildman–Crippen MR) is 61.3 cm³/mol. The normalized spacial score (nSPS) is 9.47. The van der Waals surface area contributed by atoms with E-state index in [1.165, 1.54) is 18.2 Å². The van der Waals surface area contributed by atoms with E-state index in [9.17, 15) is 9.18 Å². The van der Waals surface area contributed by atoms with Crippen LogP contribution in [0.2, 0.25) is 0 Å². The van der Waals surface area contributed by atoms with Crippen LogP contribution < -0.4 is 10.6 Å². The quantitative estimate of drug-likeness (QED) is 0.817. The first-order valence-corrected chi connectivity index (χ1v) is 5.03. The number of rotatable bonds is 3. The van der Waals surface area contributed by atoms with Crippen LogP contribution in [0.5, 0.6) is 0 Å². The summed E-state index contributed by atoms with van der Waals surface area (Å²) in [6.45, 7) is 3.78. The van der Waals surface area contributed by atoms with Crippen molar-refractivity contribution >= 4 is 27.6 Å². The molecule has 0 spiro atoms. The number of hydrogen-bond acceptors (Lipinski definition) is 1. The summed E-state index contributed by atoms with van der Waals surface area (Å²) in [5.74, 6) is -0.488. The SMILES string of the molecule is C=CCNC(=O)Nc1ccc(Br)cc1F. The zero-order valence-electron chi connectivity index (χ0n) is 7.89. The Bertz CT molecular complexity index is 382. The van der Waals surface area contributed by atoms with Gasteiger partial charge in [-0.15, -0.1) is 6.58 Å². The summed E-state index contributed by atoms with van der Waals surface area (Å²) < 4.78 is 13.9. The molecule has 0 heterocycles. The van der Waals surface area contributed by atoms with Gasteiger partial charge in [0.1, 0.15) is 5.82 Å². The maximum Gasteiger partial charge on any atom is 0.319 e. The Morgan fingerprint density at radius 1 is 1.60 bits per heavy atom. The molecule has 0 fully saturated rings. The number of nitrogens with one attached hydrogen (secondary N) is 2. The van der Waals surface area contributed by atoms with Gasteiger partial charge in [-0.3, -0.25) is 0 Å². The Morgan fingerprint density at radius 3 is 2.93 bits per heavy atom. The van der Waals surface area contributed by atoms with E-state index in [1.807, 2.05) is 0 Å². The van der Waals surface area contributed by atoms with E-state index in [2.05, 4.69) is 33.1 Å². The van der Waals surface area contributed by atoms with E-state index < -0.39 is 11.8 Å². The maximum atomic E-state index is 13.2. The molecule has 0 radical (unpaired) electrons. The molecular formula is C10H10BrFN2O. The number of benzene rings is 1. The molecule has 0 unspecified atom stereocenters. The van der Waals surface area contributed by atoms with Crippen molar-refractivity contribution in [1.29, 1.82) is 0 Å². The van der Waals surface area contributed by atoms with Crippen LogP contribution in [0.1, 0.15) is 0 Å². The predicted octanol–water partition coefficient (Wildman–Crippen LogP) is 2.90. The number of amides is 2. The Hall–Kier alpha value is -1.36. The lowest BCUT2D eigenvalue weighted by atomic mass is 10.3. The average molecular weight is 273 g/mol. The minimum Gasteiger partial charge on any atom is -0.334 e. The number of urea groups is 1. The molecule has 0 aliphatic rings. The third-order valence-electron chi connectivity index (χ3n) is 1.59. The number of carbonyl (C=O) groups excluding carboxylic acids is 1. The van der Waals surface area contributed by atoms with Crippen molar-refractivity contribution in [1.82, 2.24) is 5.32 Å². The van der Waals surface area contributed by atoms with Gasteiger partial charge in [-0.2, -0.15) is 0 Å². The zero-order valence-corrected chi connectivity index (χ0v) is 9.47. The van der Waals surface area contributed by atoms with Crippen LogP contribution in [0.25, 0.3) is 0 Å². The fourth-order valence-electron chi connectivity index (χ4n) is 0.922. The topological polar surface area (TPSA) is 41.1 Å². The van der Waals surface area contributed by atoms with Crippen LogP contribution in [0.4, 0.5) is 14.9 Å². The third-order valence-corrected chi connectivity index (χ3v) is 2.08. The molecule has 0 bridgehead atoms. The van der Waals surface area contributed by atoms with Gasteiger partial charge in [0.05, 0.1) is 5.69 Å². The first kappa shape index (κ1) is 11.7. The highest BCUT2D eigenvalue weighted by Gasteiger charge is 2.05. The monoisotopic (exact) mass is 272 g/mol. The highest BCUT2D eigenvalue weighted by molar-refractivity contribution is 9.10. The van der Waals surface area contributed by atoms with Crippen molar-refractivity contribution in [2.75, 3.05) is 11.9 Å². The smallest absolute Gasteiger partial charge is 0.319 e. The highest BCUT2D eigenvalue weighted by atomic mass is 79.9. The molecule has 0 aliphatic carbocycles. The summed E-state index contributed by atoms with van der Waals surface area (Å²) in [4.78, 5) is 11.2. The molecule has 1 aromatic rings. The van der Waals surface area contributed by atoms with Crippen LogP contribution >= 0.6 is 15.9 Å². The number of halogens is 2. The lowest BCUT2D eigenvalue weighted by Gasteiger charge is -2.06. The zero-order chi connectivity index (χ0) is 11.3. The number of carbonyl (C=O) groups is 1. The molecule has 3 nitrogen and oxygen atoms in total. The molecule has 0 atom stereocenters. The summed E-state index contributed by atoms with van der Waals surface area (Å²) >= 11 is 3.12. The summed E-state index contributed by atoms with van der Waals surface area (Å²) in [5, 5.41) is 4.85. The Kier molecular flexibility index (Phi) is 4.30. The highest BCUT2D eigenvalue weighted by Crippen LogP contribution is 2.18. The van der Waals surface area contributed by atoms with E-state index >= 15 is 0 Å². The molecule has 1 aromatic carbocycles. The Labute approximate surface area is 95.5 Å². The molecule has 0 aromatic heterocycles. The van der Waals surface area contributed by atoms with E-state index in [4.69, 9.17) is 0 Å². The van der Waals surface area contributed by atoms with Gasteiger partial charge in [-0.05, 0) is 18.2 Å². The molecule has 5 heteroatoms. The molecule has 15 heavy (non-hydrogen) atoms. The van der Waals surface area contributed by atoms with Crippen molar-refractivity contribution in [3.8, 4) is 0 Å². The summed E-state index contributed by atoms with van der Waals surface area (Å²) in [6, 6.07) is 3.94. The van der Waals surface area contributed by atoms with Crippen LogP contribution in [0.15, 0.2) is 35.3 Å². The third kappa shape index (κ3) is 3.71. The van der Waals surface area contributed by atoms with Crippen LogP contribution in [0, 0.1) is 5.82 Å². The van der Waals surface area contributed by atoms with Gasteiger partial charge in [0, 0.05) is 11.0 Å². The molecule has 0 aliphatic heterocycles. The van der Waals surface area contributed by atoms with Crippen molar-refractivity contribution in [3.63, 3.8) is 0 Å². The molecule has 2 amide bonds. The van der Waals surface area contributed by atoms with Crippen LogP contribution in [-0.2, 0) is 0 Å². The van der Waals surface area contributed by atoms with Crippen molar-refractivity contribution in [2.45, 2.75) is 0 Å². The van der Waals surface area contributed by atoms with E-state index in [0.717, 1.165) is 0 Å². The van der Waals surface area contributed by atoms with E-state index in [0.29, 0.717) is 11.0 Å². The van der Waals surface area contributed by atoms with E-state index in [1.54, 1.807) is 6.07 Å². The van der Waals surface area contributed by atoms with Crippen LogP contribution in [-0.4, -0.2) is 12.6 Å². The lowest BCUT2D eigenvalue weighted by Crippen LogP contribution is -2.28. The summed E-state index contributed by atoms with van der Waals surface area (Å²) in [7, 11) is 0. The Balaban J connectivity index is 2.64. The summed E-state index contributed by atoms with van der Waals surface area (Å²) in [5.41, 5.74) is 0.139. The van der Waals surface area contributed by atoms with Crippen molar-refractivity contribution in [2.24, 2.45) is 0 Å².